The van der Waals surface area contributed by atoms with Crippen LogP contribution in [0.15, 0.2) is 18.2 Å². The van der Waals surface area contributed by atoms with Crippen molar-refractivity contribution in [1.82, 2.24) is 10.6 Å². The molecule has 0 aliphatic heterocycles. The zero-order chi connectivity index (χ0) is 13.5. The van der Waals surface area contributed by atoms with Crippen molar-refractivity contribution in [3.63, 3.8) is 0 Å². The largest absolute Gasteiger partial charge is 0.354 e. The van der Waals surface area contributed by atoms with Crippen molar-refractivity contribution in [3.8, 4) is 0 Å². The first kappa shape index (κ1) is 18.5. The second-order valence-electron chi connectivity index (χ2n) is 4.19. The van der Waals surface area contributed by atoms with Gasteiger partial charge in [0, 0.05) is 12.6 Å². The Kier molecular flexibility index (Phi) is 9.19. The van der Waals surface area contributed by atoms with Crippen molar-refractivity contribution < 1.29 is 4.79 Å². The summed E-state index contributed by atoms with van der Waals surface area (Å²) in [5.41, 5.74) is 0.859. The SMILES string of the molecule is CCN[C@H](C)CNC(=O)Cc1ccc(Cl)c(Cl)c1.Cl. The Bertz CT molecular complexity index is 413. The molecule has 0 radical (unpaired) electrons. The van der Waals surface area contributed by atoms with Gasteiger partial charge in [-0.3, -0.25) is 4.79 Å². The summed E-state index contributed by atoms with van der Waals surface area (Å²) in [6.45, 7) is 5.58. The van der Waals surface area contributed by atoms with Crippen LogP contribution in [0.3, 0.4) is 0 Å². The lowest BCUT2D eigenvalue weighted by atomic mass is 10.1. The molecule has 1 aromatic carbocycles. The number of nitrogens with one attached hydrogen (secondary N) is 2. The maximum Gasteiger partial charge on any atom is 0.224 e. The first-order valence-electron chi connectivity index (χ1n) is 5.97. The minimum atomic E-state index is -0.0156. The highest BCUT2D eigenvalue weighted by molar-refractivity contribution is 6.42. The Labute approximate surface area is 130 Å². The third-order valence-corrected chi connectivity index (χ3v) is 3.25. The number of carbonyl (C=O) groups excluding carboxylic acids is 1. The van der Waals surface area contributed by atoms with Gasteiger partial charge in [-0.15, -0.1) is 12.4 Å². The Morgan fingerprint density at radius 2 is 2.00 bits per heavy atom. The molecular weight excluding hydrogens is 307 g/mol. The molecule has 1 amide bonds. The molecular formula is C13H19Cl3N2O. The fourth-order valence-electron chi connectivity index (χ4n) is 1.59. The molecule has 19 heavy (non-hydrogen) atoms. The van der Waals surface area contributed by atoms with Crippen LogP contribution in [0, 0.1) is 0 Å². The molecule has 108 valence electrons. The molecule has 0 aliphatic rings. The number of hydrogen-bond acceptors (Lipinski definition) is 2. The van der Waals surface area contributed by atoms with Crippen molar-refractivity contribution in [2.75, 3.05) is 13.1 Å². The molecule has 3 nitrogen and oxygen atoms in total. The Balaban J connectivity index is 0.00000324. The second-order valence-corrected chi connectivity index (χ2v) is 5.00. The molecule has 0 saturated carbocycles. The van der Waals surface area contributed by atoms with Crippen LogP contribution in [0.5, 0.6) is 0 Å². The van der Waals surface area contributed by atoms with Gasteiger partial charge >= 0.3 is 0 Å². The molecule has 0 spiro atoms. The first-order chi connectivity index (χ1) is 8.52. The van der Waals surface area contributed by atoms with Gasteiger partial charge < -0.3 is 10.6 Å². The van der Waals surface area contributed by atoms with Crippen molar-refractivity contribution in [2.45, 2.75) is 26.3 Å². The lowest BCUT2D eigenvalue weighted by Crippen LogP contribution is -2.39. The van der Waals surface area contributed by atoms with Gasteiger partial charge in [-0.1, -0.05) is 36.2 Å². The zero-order valence-electron chi connectivity index (χ0n) is 11.0. The summed E-state index contributed by atoms with van der Waals surface area (Å²) in [6.07, 6.45) is 0.315. The monoisotopic (exact) mass is 324 g/mol. The summed E-state index contributed by atoms with van der Waals surface area (Å²) in [6, 6.07) is 5.50. The van der Waals surface area contributed by atoms with Crippen molar-refractivity contribution in [2.24, 2.45) is 0 Å². The van der Waals surface area contributed by atoms with Gasteiger partial charge in [0.05, 0.1) is 16.5 Å². The van der Waals surface area contributed by atoms with Gasteiger partial charge in [-0.2, -0.15) is 0 Å². The summed E-state index contributed by atoms with van der Waals surface area (Å²) >= 11 is 11.7. The van der Waals surface area contributed by atoms with Crippen LogP contribution in [0.2, 0.25) is 10.0 Å². The molecule has 0 heterocycles. The molecule has 0 unspecified atom stereocenters. The van der Waals surface area contributed by atoms with Crippen LogP contribution < -0.4 is 10.6 Å². The van der Waals surface area contributed by atoms with Gasteiger partial charge in [0.25, 0.3) is 0 Å². The smallest absolute Gasteiger partial charge is 0.224 e. The standard InChI is InChI=1S/C13H18Cl2N2O.ClH/c1-3-16-9(2)8-17-13(18)7-10-4-5-11(14)12(15)6-10;/h4-6,9,16H,3,7-8H2,1-2H3,(H,17,18);1H/t9-;/m1./s1. The molecule has 1 aromatic rings. The summed E-state index contributed by atoms with van der Waals surface area (Å²) in [5, 5.41) is 7.08. The van der Waals surface area contributed by atoms with Crippen LogP contribution in [-0.2, 0) is 11.2 Å². The minimum absolute atomic E-state index is 0. The van der Waals surface area contributed by atoms with Crippen LogP contribution in [0.25, 0.3) is 0 Å². The number of likely N-dealkylation sites (N-methyl/N-ethyl adjacent to an activating group) is 1. The third kappa shape index (κ3) is 7.02. The molecule has 0 bridgehead atoms. The summed E-state index contributed by atoms with van der Waals surface area (Å²) in [5.74, 6) is -0.0156. The van der Waals surface area contributed by atoms with E-state index in [0.717, 1.165) is 12.1 Å². The number of hydrogen-bond donors (Lipinski definition) is 2. The second kappa shape index (κ2) is 9.43. The minimum Gasteiger partial charge on any atom is -0.354 e. The lowest BCUT2D eigenvalue weighted by Gasteiger charge is -2.13. The van der Waals surface area contributed by atoms with Gasteiger partial charge in [0.15, 0.2) is 0 Å². The average Bonchev–Trinajstić information content (AvgIpc) is 2.32. The highest BCUT2D eigenvalue weighted by atomic mass is 35.5. The third-order valence-electron chi connectivity index (χ3n) is 2.51. The molecule has 0 fully saturated rings. The normalized spacial score (nSPS) is 11.6. The quantitative estimate of drug-likeness (QED) is 0.844. The maximum absolute atomic E-state index is 11.7. The maximum atomic E-state index is 11.7. The fraction of sp³-hybridized carbons (Fsp3) is 0.462. The Hall–Kier alpha value is -0.480. The predicted molar refractivity (Wildman–Crippen MR) is 83.6 cm³/mol. The van der Waals surface area contributed by atoms with Gasteiger partial charge in [-0.25, -0.2) is 0 Å². The zero-order valence-corrected chi connectivity index (χ0v) is 13.3. The van der Waals surface area contributed by atoms with Crippen LogP contribution in [0.1, 0.15) is 19.4 Å². The number of rotatable bonds is 6. The van der Waals surface area contributed by atoms with E-state index in [1.54, 1.807) is 12.1 Å². The average molecular weight is 326 g/mol. The lowest BCUT2D eigenvalue weighted by molar-refractivity contribution is -0.120. The number of benzene rings is 1. The molecule has 0 aromatic heterocycles. The molecule has 0 aliphatic carbocycles. The van der Waals surface area contributed by atoms with Gasteiger partial charge in [0.2, 0.25) is 5.91 Å². The first-order valence-corrected chi connectivity index (χ1v) is 6.72. The van der Waals surface area contributed by atoms with Gasteiger partial charge in [0.1, 0.15) is 0 Å². The van der Waals surface area contributed by atoms with Gasteiger partial charge in [-0.05, 0) is 31.2 Å². The van der Waals surface area contributed by atoms with E-state index in [-0.39, 0.29) is 24.4 Å². The summed E-state index contributed by atoms with van der Waals surface area (Å²) in [4.78, 5) is 11.7. The van der Waals surface area contributed by atoms with E-state index in [4.69, 9.17) is 23.2 Å². The predicted octanol–water partition coefficient (Wildman–Crippen LogP) is 3.07. The molecule has 2 N–H and O–H groups in total. The topological polar surface area (TPSA) is 41.1 Å². The van der Waals surface area contributed by atoms with E-state index in [1.165, 1.54) is 0 Å². The molecule has 1 rings (SSSR count). The number of halogens is 3. The van der Waals surface area contributed by atoms with Crippen molar-refractivity contribution in [1.29, 1.82) is 0 Å². The van der Waals surface area contributed by atoms with Crippen LogP contribution in [0.4, 0.5) is 0 Å². The van der Waals surface area contributed by atoms with E-state index >= 15 is 0 Å². The molecule has 0 saturated heterocycles. The van der Waals surface area contributed by atoms with E-state index in [0.29, 0.717) is 23.0 Å². The van der Waals surface area contributed by atoms with Crippen LogP contribution in [-0.4, -0.2) is 25.0 Å². The highest BCUT2D eigenvalue weighted by Gasteiger charge is 2.07. The Morgan fingerprint density at radius 3 is 2.58 bits per heavy atom. The molecule has 6 heteroatoms. The summed E-state index contributed by atoms with van der Waals surface area (Å²) < 4.78 is 0. The van der Waals surface area contributed by atoms with Crippen LogP contribution >= 0.6 is 35.6 Å². The van der Waals surface area contributed by atoms with Crippen molar-refractivity contribution >= 4 is 41.5 Å². The highest BCUT2D eigenvalue weighted by Crippen LogP contribution is 2.22. The fourth-order valence-corrected chi connectivity index (χ4v) is 1.91. The van der Waals surface area contributed by atoms with E-state index in [1.807, 2.05) is 19.9 Å². The number of amides is 1. The molecule has 1 atom stereocenters. The Morgan fingerprint density at radius 1 is 1.32 bits per heavy atom. The van der Waals surface area contributed by atoms with E-state index in [9.17, 15) is 4.79 Å². The summed E-state index contributed by atoms with van der Waals surface area (Å²) in [7, 11) is 0. The van der Waals surface area contributed by atoms with Crippen molar-refractivity contribution in [3.05, 3.63) is 33.8 Å². The van der Waals surface area contributed by atoms with E-state index < -0.39 is 0 Å². The van der Waals surface area contributed by atoms with E-state index in [2.05, 4.69) is 10.6 Å². The number of carbonyl (C=O) groups is 1.